The summed E-state index contributed by atoms with van der Waals surface area (Å²) in [5.41, 5.74) is 6.49. The fraction of sp³-hybridized carbons (Fsp3) is 0.320. The standard InChI is InChI=1S/C25H27FN2O/c1-17(2)27-25(29)19-10-14-22(15-11-19)28-23-7-5-3-4-6-20(23)16-24(28)18-8-12-21(26)13-9-18/h8-17H,3-7H2,1-2H3,(H,27,29). The molecular formula is C25H27FN2O. The maximum Gasteiger partial charge on any atom is 0.251 e. The number of aromatic nitrogens is 1. The second kappa shape index (κ2) is 8.24. The van der Waals surface area contributed by atoms with Crippen LogP contribution in [0.1, 0.15) is 54.7 Å². The fourth-order valence-corrected chi connectivity index (χ4v) is 4.11. The van der Waals surface area contributed by atoms with E-state index >= 15 is 0 Å². The van der Waals surface area contributed by atoms with E-state index in [4.69, 9.17) is 0 Å². The topological polar surface area (TPSA) is 34.0 Å². The van der Waals surface area contributed by atoms with Crippen molar-refractivity contribution in [3.8, 4) is 16.9 Å². The van der Waals surface area contributed by atoms with Crippen LogP contribution in [0.3, 0.4) is 0 Å². The predicted octanol–water partition coefficient (Wildman–Crippen LogP) is 5.69. The fourth-order valence-electron chi connectivity index (χ4n) is 4.11. The molecule has 1 aliphatic rings. The van der Waals surface area contributed by atoms with Gasteiger partial charge >= 0.3 is 0 Å². The van der Waals surface area contributed by atoms with Gasteiger partial charge in [-0.3, -0.25) is 4.79 Å². The number of halogens is 1. The van der Waals surface area contributed by atoms with E-state index in [1.54, 1.807) is 0 Å². The van der Waals surface area contributed by atoms with Gasteiger partial charge in [0.15, 0.2) is 0 Å². The van der Waals surface area contributed by atoms with Crippen LogP contribution < -0.4 is 5.32 Å². The van der Waals surface area contributed by atoms with Gasteiger partial charge in [0, 0.05) is 23.0 Å². The van der Waals surface area contributed by atoms with Gasteiger partial charge in [-0.2, -0.15) is 0 Å². The first kappa shape index (κ1) is 19.4. The van der Waals surface area contributed by atoms with E-state index < -0.39 is 0 Å². The van der Waals surface area contributed by atoms with E-state index in [9.17, 15) is 9.18 Å². The molecule has 0 radical (unpaired) electrons. The van der Waals surface area contributed by atoms with Gasteiger partial charge in [0.2, 0.25) is 0 Å². The van der Waals surface area contributed by atoms with Crippen molar-refractivity contribution in [1.29, 1.82) is 0 Å². The lowest BCUT2D eigenvalue weighted by molar-refractivity contribution is 0.0943. The Bertz CT molecular complexity index is 1000. The number of rotatable bonds is 4. The number of hydrogen-bond donors (Lipinski definition) is 1. The van der Waals surface area contributed by atoms with Crippen molar-refractivity contribution >= 4 is 5.91 Å². The highest BCUT2D eigenvalue weighted by Gasteiger charge is 2.19. The van der Waals surface area contributed by atoms with Crippen LogP contribution in [-0.2, 0) is 12.8 Å². The minimum atomic E-state index is -0.228. The summed E-state index contributed by atoms with van der Waals surface area (Å²) in [7, 11) is 0. The Kier molecular flexibility index (Phi) is 5.52. The van der Waals surface area contributed by atoms with Gasteiger partial charge < -0.3 is 9.88 Å². The predicted molar refractivity (Wildman–Crippen MR) is 115 cm³/mol. The zero-order valence-corrected chi connectivity index (χ0v) is 17.0. The van der Waals surface area contributed by atoms with Crippen LogP contribution in [0.2, 0.25) is 0 Å². The van der Waals surface area contributed by atoms with E-state index in [-0.39, 0.29) is 17.8 Å². The van der Waals surface area contributed by atoms with E-state index in [1.807, 2.05) is 50.2 Å². The molecule has 150 valence electrons. The average molecular weight is 391 g/mol. The number of nitrogens with one attached hydrogen (secondary N) is 1. The molecule has 0 unspecified atom stereocenters. The molecule has 1 aromatic heterocycles. The summed E-state index contributed by atoms with van der Waals surface area (Å²) in [4.78, 5) is 12.3. The van der Waals surface area contributed by atoms with Crippen molar-refractivity contribution in [2.45, 2.75) is 52.0 Å². The lowest BCUT2D eigenvalue weighted by atomic mass is 10.1. The first-order valence-corrected chi connectivity index (χ1v) is 10.4. The highest BCUT2D eigenvalue weighted by molar-refractivity contribution is 5.94. The van der Waals surface area contributed by atoms with E-state index in [1.165, 1.54) is 42.7 Å². The summed E-state index contributed by atoms with van der Waals surface area (Å²) in [5, 5.41) is 2.93. The van der Waals surface area contributed by atoms with Crippen molar-refractivity contribution in [3.05, 3.63) is 77.2 Å². The van der Waals surface area contributed by atoms with Gasteiger partial charge in [0.1, 0.15) is 5.82 Å². The number of fused-ring (bicyclic) bond motifs is 1. The van der Waals surface area contributed by atoms with Crippen LogP contribution in [-0.4, -0.2) is 16.5 Å². The Labute approximate surface area is 171 Å². The minimum absolute atomic E-state index is 0.0587. The molecule has 0 fully saturated rings. The Morgan fingerprint density at radius 2 is 1.66 bits per heavy atom. The second-order valence-corrected chi connectivity index (χ2v) is 8.08. The maximum atomic E-state index is 13.5. The number of carbonyl (C=O) groups excluding carboxylic acids is 1. The minimum Gasteiger partial charge on any atom is -0.350 e. The van der Waals surface area contributed by atoms with Crippen LogP contribution in [0, 0.1) is 5.82 Å². The van der Waals surface area contributed by atoms with Gasteiger partial charge in [-0.25, -0.2) is 4.39 Å². The third kappa shape index (κ3) is 4.12. The highest BCUT2D eigenvalue weighted by atomic mass is 19.1. The van der Waals surface area contributed by atoms with Gasteiger partial charge in [-0.1, -0.05) is 6.42 Å². The lowest BCUT2D eigenvalue weighted by Gasteiger charge is -2.15. The Morgan fingerprint density at radius 1 is 0.966 bits per heavy atom. The molecule has 29 heavy (non-hydrogen) atoms. The molecule has 3 nitrogen and oxygen atoms in total. The molecule has 4 rings (SSSR count). The molecule has 2 aromatic carbocycles. The summed E-state index contributed by atoms with van der Waals surface area (Å²) in [6, 6.07) is 16.8. The largest absolute Gasteiger partial charge is 0.350 e. The van der Waals surface area contributed by atoms with Crippen LogP contribution in [0.5, 0.6) is 0 Å². The zero-order chi connectivity index (χ0) is 20.4. The monoisotopic (exact) mass is 390 g/mol. The molecule has 0 spiro atoms. The Morgan fingerprint density at radius 3 is 2.34 bits per heavy atom. The van der Waals surface area contributed by atoms with Crippen LogP contribution in [0.25, 0.3) is 16.9 Å². The molecule has 1 heterocycles. The van der Waals surface area contributed by atoms with Crippen molar-refractivity contribution in [1.82, 2.24) is 9.88 Å². The molecule has 0 atom stereocenters. The van der Waals surface area contributed by atoms with Crippen LogP contribution in [0.15, 0.2) is 54.6 Å². The number of nitrogens with zero attached hydrogens (tertiary/aromatic N) is 1. The average Bonchev–Trinajstić information content (AvgIpc) is 2.90. The maximum absolute atomic E-state index is 13.5. The summed E-state index contributed by atoms with van der Waals surface area (Å²) in [6.45, 7) is 3.91. The smallest absolute Gasteiger partial charge is 0.251 e. The number of hydrogen-bond acceptors (Lipinski definition) is 1. The number of carbonyl (C=O) groups is 1. The zero-order valence-electron chi connectivity index (χ0n) is 17.0. The number of aryl methyl sites for hydroxylation is 1. The molecule has 3 aromatic rings. The quantitative estimate of drug-likeness (QED) is 0.571. The first-order valence-electron chi connectivity index (χ1n) is 10.4. The first-order chi connectivity index (χ1) is 14.0. The highest BCUT2D eigenvalue weighted by Crippen LogP contribution is 2.33. The molecule has 0 saturated carbocycles. The Hall–Kier alpha value is -2.88. The second-order valence-electron chi connectivity index (χ2n) is 8.08. The molecule has 1 amide bonds. The van der Waals surface area contributed by atoms with Crippen LogP contribution in [0.4, 0.5) is 4.39 Å². The van der Waals surface area contributed by atoms with E-state index in [0.29, 0.717) is 5.56 Å². The molecule has 0 saturated heterocycles. The summed E-state index contributed by atoms with van der Waals surface area (Å²) < 4.78 is 15.8. The molecule has 4 heteroatoms. The SMILES string of the molecule is CC(C)NC(=O)c1ccc(-n2c(-c3ccc(F)cc3)cc3c2CCCCC3)cc1. The van der Waals surface area contributed by atoms with Crippen molar-refractivity contribution in [2.24, 2.45) is 0 Å². The molecule has 1 aliphatic carbocycles. The lowest BCUT2D eigenvalue weighted by Crippen LogP contribution is -2.30. The van der Waals surface area contributed by atoms with Crippen molar-refractivity contribution < 1.29 is 9.18 Å². The number of benzene rings is 2. The third-order valence-electron chi connectivity index (χ3n) is 5.50. The molecule has 0 aliphatic heterocycles. The van der Waals surface area contributed by atoms with Gasteiger partial charge in [-0.15, -0.1) is 0 Å². The number of amides is 1. The normalized spacial score (nSPS) is 13.8. The van der Waals surface area contributed by atoms with Crippen molar-refractivity contribution in [3.63, 3.8) is 0 Å². The molecule has 1 N–H and O–H groups in total. The third-order valence-corrected chi connectivity index (χ3v) is 5.50. The van der Waals surface area contributed by atoms with Gasteiger partial charge in [-0.05, 0) is 105 Å². The molecule has 0 bridgehead atoms. The van der Waals surface area contributed by atoms with E-state index in [0.717, 1.165) is 29.8 Å². The van der Waals surface area contributed by atoms with Crippen LogP contribution >= 0.6 is 0 Å². The Balaban J connectivity index is 1.78. The van der Waals surface area contributed by atoms with E-state index in [2.05, 4.69) is 16.0 Å². The molecular weight excluding hydrogens is 363 g/mol. The summed E-state index contributed by atoms with van der Waals surface area (Å²) in [6.07, 6.45) is 5.73. The van der Waals surface area contributed by atoms with Gasteiger partial charge in [0.05, 0.1) is 5.69 Å². The summed E-state index contributed by atoms with van der Waals surface area (Å²) in [5.74, 6) is -0.286. The van der Waals surface area contributed by atoms with Crippen molar-refractivity contribution in [2.75, 3.05) is 0 Å². The van der Waals surface area contributed by atoms with Gasteiger partial charge in [0.25, 0.3) is 5.91 Å². The summed E-state index contributed by atoms with van der Waals surface area (Å²) >= 11 is 0.